The highest BCUT2D eigenvalue weighted by Gasteiger charge is 2.09. The van der Waals surface area contributed by atoms with Gasteiger partial charge in [-0.3, -0.25) is 10.00 Å². The van der Waals surface area contributed by atoms with E-state index in [2.05, 4.69) is 15.7 Å². The molecular weight excluding hydrogens is 260 g/mol. The molecule has 2 amide bonds. The van der Waals surface area contributed by atoms with E-state index >= 15 is 0 Å². The van der Waals surface area contributed by atoms with E-state index in [-0.39, 0.29) is 0 Å². The van der Waals surface area contributed by atoms with Crippen LogP contribution in [-0.4, -0.2) is 30.0 Å². The molecular formula is C13H16N4O3. The van der Waals surface area contributed by atoms with Gasteiger partial charge in [-0.1, -0.05) is 0 Å². The molecule has 0 saturated heterocycles. The minimum absolute atomic E-state index is 0.396. The van der Waals surface area contributed by atoms with E-state index in [4.69, 9.17) is 9.47 Å². The van der Waals surface area contributed by atoms with E-state index in [0.29, 0.717) is 23.0 Å². The van der Waals surface area contributed by atoms with Gasteiger partial charge < -0.3 is 14.8 Å². The number of nitrogens with zero attached hydrogens (tertiary/aromatic N) is 2. The number of hydrogen-bond donors (Lipinski definition) is 2. The third kappa shape index (κ3) is 3.19. The maximum atomic E-state index is 11.9. The van der Waals surface area contributed by atoms with Crippen molar-refractivity contribution >= 4 is 17.5 Å². The van der Waals surface area contributed by atoms with Gasteiger partial charge in [0.25, 0.3) is 0 Å². The van der Waals surface area contributed by atoms with E-state index in [1.54, 1.807) is 49.3 Å². The molecule has 1 aromatic carbocycles. The van der Waals surface area contributed by atoms with Gasteiger partial charge in [-0.2, -0.15) is 5.10 Å². The van der Waals surface area contributed by atoms with Crippen LogP contribution < -0.4 is 20.1 Å². The molecule has 2 rings (SSSR count). The molecule has 0 spiro atoms. The molecule has 1 aromatic heterocycles. The standard InChI is InChI=1S/C13H16N4O3/c1-17-7-6-12(16-17)15-13(18)14-10-5-4-9(19-2)8-11(10)20-3/h4-8H,1-3H3,(H2,14,15,16,18). The highest BCUT2D eigenvalue weighted by molar-refractivity contribution is 6.00. The molecule has 0 fully saturated rings. The van der Waals surface area contributed by atoms with Crippen LogP contribution in [-0.2, 0) is 7.05 Å². The quantitative estimate of drug-likeness (QED) is 0.896. The number of benzene rings is 1. The van der Waals surface area contributed by atoms with Crippen LogP contribution in [0.5, 0.6) is 11.5 Å². The summed E-state index contributed by atoms with van der Waals surface area (Å²) in [5.41, 5.74) is 0.543. The Morgan fingerprint density at radius 1 is 1.20 bits per heavy atom. The summed E-state index contributed by atoms with van der Waals surface area (Å²) in [6, 6.07) is 6.43. The Morgan fingerprint density at radius 2 is 2.00 bits per heavy atom. The molecule has 0 saturated carbocycles. The summed E-state index contributed by atoms with van der Waals surface area (Å²) in [4.78, 5) is 11.9. The number of aryl methyl sites for hydroxylation is 1. The molecule has 0 radical (unpaired) electrons. The van der Waals surface area contributed by atoms with Crippen molar-refractivity contribution in [2.75, 3.05) is 24.9 Å². The topological polar surface area (TPSA) is 77.4 Å². The zero-order valence-corrected chi connectivity index (χ0v) is 11.5. The second-order valence-corrected chi connectivity index (χ2v) is 4.02. The van der Waals surface area contributed by atoms with Gasteiger partial charge in [-0.15, -0.1) is 0 Å². The van der Waals surface area contributed by atoms with Crippen LogP contribution in [0.3, 0.4) is 0 Å². The minimum atomic E-state index is -0.396. The van der Waals surface area contributed by atoms with Gasteiger partial charge in [0.1, 0.15) is 11.5 Å². The summed E-state index contributed by atoms with van der Waals surface area (Å²) in [5.74, 6) is 1.63. The van der Waals surface area contributed by atoms with E-state index in [1.807, 2.05) is 0 Å². The molecule has 0 aliphatic rings. The van der Waals surface area contributed by atoms with Crippen LogP contribution in [0.25, 0.3) is 0 Å². The molecule has 0 atom stereocenters. The first-order valence-corrected chi connectivity index (χ1v) is 5.92. The summed E-state index contributed by atoms with van der Waals surface area (Å²) in [7, 11) is 4.86. The molecule has 0 unspecified atom stereocenters. The summed E-state index contributed by atoms with van der Waals surface area (Å²) in [6.45, 7) is 0. The van der Waals surface area contributed by atoms with E-state index in [1.165, 1.54) is 7.11 Å². The van der Waals surface area contributed by atoms with Gasteiger partial charge in [0, 0.05) is 25.4 Å². The Labute approximate surface area is 116 Å². The van der Waals surface area contributed by atoms with Crippen molar-refractivity contribution in [3.63, 3.8) is 0 Å². The van der Waals surface area contributed by atoms with Gasteiger partial charge in [0.2, 0.25) is 0 Å². The highest BCUT2D eigenvalue weighted by Crippen LogP contribution is 2.29. The SMILES string of the molecule is COc1ccc(NC(=O)Nc2ccn(C)n2)c(OC)c1. The molecule has 0 bridgehead atoms. The average Bonchev–Trinajstić information content (AvgIpc) is 2.84. The lowest BCUT2D eigenvalue weighted by molar-refractivity contribution is 0.262. The lowest BCUT2D eigenvalue weighted by atomic mass is 10.2. The van der Waals surface area contributed by atoms with E-state index in [0.717, 1.165) is 0 Å². The summed E-state index contributed by atoms with van der Waals surface area (Å²) in [5, 5.41) is 9.37. The van der Waals surface area contributed by atoms with Crippen LogP contribution >= 0.6 is 0 Å². The molecule has 0 aliphatic carbocycles. The van der Waals surface area contributed by atoms with Crippen molar-refractivity contribution in [1.29, 1.82) is 0 Å². The molecule has 20 heavy (non-hydrogen) atoms. The highest BCUT2D eigenvalue weighted by atomic mass is 16.5. The normalized spacial score (nSPS) is 9.95. The fourth-order valence-electron chi connectivity index (χ4n) is 1.65. The number of aromatic nitrogens is 2. The van der Waals surface area contributed by atoms with Crippen molar-refractivity contribution in [2.45, 2.75) is 0 Å². The van der Waals surface area contributed by atoms with Crippen LogP contribution in [0.15, 0.2) is 30.5 Å². The van der Waals surface area contributed by atoms with Crippen LogP contribution in [0, 0.1) is 0 Å². The minimum Gasteiger partial charge on any atom is -0.497 e. The zero-order chi connectivity index (χ0) is 14.5. The number of rotatable bonds is 4. The van der Waals surface area contributed by atoms with Crippen molar-refractivity contribution < 1.29 is 14.3 Å². The van der Waals surface area contributed by atoms with Crippen molar-refractivity contribution in [1.82, 2.24) is 9.78 Å². The van der Waals surface area contributed by atoms with Crippen molar-refractivity contribution in [3.05, 3.63) is 30.5 Å². The zero-order valence-electron chi connectivity index (χ0n) is 11.5. The molecule has 7 heteroatoms. The average molecular weight is 276 g/mol. The smallest absolute Gasteiger partial charge is 0.325 e. The Morgan fingerprint density at radius 3 is 2.60 bits per heavy atom. The van der Waals surface area contributed by atoms with Crippen LogP contribution in [0.1, 0.15) is 0 Å². The molecule has 2 aromatic rings. The lowest BCUT2D eigenvalue weighted by Gasteiger charge is -2.11. The second kappa shape index (κ2) is 5.96. The summed E-state index contributed by atoms with van der Waals surface area (Å²) >= 11 is 0. The first kappa shape index (κ1) is 13.7. The van der Waals surface area contributed by atoms with Crippen LogP contribution in [0.2, 0.25) is 0 Å². The van der Waals surface area contributed by atoms with Gasteiger partial charge in [0.05, 0.1) is 19.9 Å². The Kier molecular flexibility index (Phi) is 4.09. The maximum absolute atomic E-state index is 11.9. The fraction of sp³-hybridized carbons (Fsp3) is 0.231. The Hall–Kier alpha value is -2.70. The fourth-order valence-corrected chi connectivity index (χ4v) is 1.65. The van der Waals surface area contributed by atoms with Gasteiger partial charge in [0.15, 0.2) is 5.82 Å². The molecule has 7 nitrogen and oxygen atoms in total. The first-order valence-electron chi connectivity index (χ1n) is 5.92. The lowest BCUT2D eigenvalue weighted by Crippen LogP contribution is -2.20. The number of ether oxygens (including phenoxy) is 2. The third-order valence-electron chi connectivity index (χ3n) is 2.61. The monoisotopic (exact) mass is 276 g/mol. The van der Waals surface area contributed by atoms with Crippen molar-refractivity contribution in [2.24, 2.45) is 7.05 Å². The van der Waals surface area contributed by atoms with Gasteiger partial charge >= 0.3 is 6.03 Å². The number of hydrogen-bond acceptors (Lipinski definition) is 4. The predicted molar refractivity (Wildman–Crippen MR) is 75.4 cm³/mol. The van der Waals surface area contributed by atoms with Gasteiger partial charge in [-0.05, 0) is 12.1 Å². The maximum Gasteiger partial charge on any atom is 0.325 e. The number of amides is 2. The molecule has 2 N–H and O–H groups in total. The van der Waals surface area contributed by atoms with Crippen LogP contribution in [0.4, 0.5) is 16.3 Å². The van der Waals surface area contributed by atoms with E-state index < -0.39 is 6.03 Å². The van der Waals surface area contributed by atoms with E-state index in [9.17, 15) is 4.79 Å². The largest absolute Gasteiger partial charge is 0.497 e. The summed E-state index contributed by atoms with van der Waals surface area (Å²) in [6.07, 6.45) is 1.74. The number of methoxy groups -OCH3 is 2. The van der Waals surface area contributed by atoms with Gasteiger partial charge in [-0.25, -0.2) is 4.79 Å². The Balaban J connectivity index is 2.07. The third-order valence-corrected chi connectivity index (χ3v) is 2.61. The number of carbonyl (C=O) groups is 1. The molecule has 1 heterocycles. The molecule has 0 aliphatic heterocycles. The summed E-state index contributed by atoms with van der Waals surface area (Å²) < 4.78 is 11.9. The van der Waals surface area contributed by atoms with Crippen molar-refractivity contribution in [3.8, 4) is 11.5 Å². The molecule has 106 valence electrons. The second-order valence-electron chi connectivity index (χ2n) is 4.02. The number of carbonyl (C=O) groups excluding carboxylic acids is 1. The first-order chi connectivity index (χ1) is 9.62. The predicted octanol–water partition coefficient (Wildman–Crippen LogP) is 2.08. The Bertz CT molecular complexity index is 609. The number of urea groups is 1. The number of anilines is 2. The number of nitrogens with one attached hydrogen (secondary N) is 2.